The van der Waals surface area contributed by atoms with E-state index < -0.39 is 0 Å². The fourth-order valence-corrected chi connectivity index (χ4v) is 3.07. The van der Waals surface area contributed by atoms with Crippen LogP contribution in [0.15, 0.2) is 30.3 Å². The van der Waals surface area contributed by atoms with Crippen molar-refractivity contribution in [1.29, 1.82) is 0 Å². The fraction of sp³-hybridized carbons (Fsp3) is 0.316. The van der Waals surface area contributed by atoms with Crippen LogP contribution >= 0.6 is 0 Å². The van der Waals surface area contributed by atoms with Crippen molar-refractivity contribution in [3.8, 4) is 22.9 Å². The number of aliphatic hydroxyl groups excluding tert-OH is 1. The van der Waals surface area contributed by atoms with Crippen LogP contribution in [0.5, 0.6) is 11.5 Å². The molecule has 0 saturated heterocycles. The maximum Gasteiger partial charge on any atom is 0.231 e. The summed E-state index contributed by atoms with van der Waals surface area (Å²) in [6.45, 7) is 5.32. The zero-order chi connectivity index (χ0) is 16.7. The van der Waals surface area contributed by atoms with E-state index in [0.29, 0.717) is 13.0 Å². The molecular weight excluding hydrogens is 304 g/mol. The van der Waals surface area contributed by atoms with Crippen LogP contribution < -0.4 is 9.47 Å². The van der Waals surface area contributed by atoms with Gasteiger partial charge < -0.3 is 19.1 Å². The lowest BCUT2D eigenvalue weighted by Crippen LogP contribution is -2.03. The van der Waals surface area contributed by atoms with Crippen LogP contribution in [-0.2, 0) is 6.54 Å². The Bertz CT molecular complexity index is 915. The van der Waals surface area contributed by atoms with E-state index in [1.165, 1.54) is 11.1 Å². The molecule has 0 atom stereocenters. The molecule has 0 fully saturated rings. The first kappa shape index (κ1) is 15.0. The molecule has 2 heterocycles. The third-order valence-electron chi connectivity index (χ3n) is 4.55. The molecule has 0 unspecified atom stereocenters. The molecule has 3 aromatic rings. The Morgan fingerprint density at radius 3 is 2.62 bits per heavy atom. The molecule has 5 heteroatoms. The number of imidazole rings is 1. The molecule has 0 saturated carbocycles. The van der Waals surface area contributed by atoms with Crippen LogP contribution in [0.2, 0.25) is 0 Å². The van der Waals surface area contributed by atoms with E-state index >= 15 is 0 Å². The van der Waals surface area contributed by atoms with E-state index in [0.717, 1.165) is 33.9 Å². The first-order valence-corrected chi connectivity index (χ1v) is 8.16. The summed E-state index contributed by atoms with van der Waals surface area (Å²) in [5, 5.41) is 9.26. The standard InChI is InChI=1S/C19H20N2O3/c1-12-4-5-14(8-13(12)2)19-20-15-9-17-18(24-11-23-17)10-16(15)21(19)6-3-7-22/h4-5,8-10,22H,3,6-7,11H2,1-2H3. The van der Waals surface area contributed by atoms with E-state index in [1.54, 1.807) is 0 Å². The highest BCUT2D eigenvalue weighted by Gasteiger charge is 2.20. The predicted molar refractivity (Wildman–Crippen MR) is 92.5 cm³/mol. The van der Waals surface area contributed by atoms with Crippen LogP contribution in [0.1, 0.15) is 17.5 Å². The summed E-state index contributed by atoms with van der Waals surface area (Å²) < 4.78 is 13.1. The Morgan fingerprint density at radius 2 is 1.88 bits per heavy atom. The van der Waals surface area contributed by atoms with Crippen molar-refractivity contribution >= 4 is 11.0 Å². The van der Waals surface area contributed by atoms with E-state index in [4.69, 9.17) is 14.5 Å². The summed E-state index contributed by atoms with van der Waals surface area (Å²) in [6, 6.07) is 10.3. The molecule has 24 heavy (non-hydrogen) atoms. The molecular formula is C19H20N2O3. The van der Waals surface area contributed by atoms with Crippen molar-refractivity contribution < 1.29 is 14.6 Å². The summed E-state index contributed by atoms with van der Waals surface area (Å²) in [5.74, 6) is 2.39. The molecule has 0 aliphatic carbocycles. The van der Waals surface area contributed by atoms with Gasteiger partial charge in [-0.05, 0) is 37.5 Å². The van der Waals surface area contributed by atoms with Crippen molar-refractivity contribution in [2.24, 2.45) is 0 Å². The van der Waals surface area contributed by atoms with Crippen LogP contribution in [0.3, 0.4) is 0 Å². The number of hydrogen-bond acceptors (Lipinski definition) is 4. The van der Waals surface area contributed by atoms with Crippen molar-refractivity contribution in [3.63, 3.8) is 0 Å². The molecule has 1 N–H and O–H groups in total. The number of aliphatic hydroxyl groups is 1. The Kier molecular flexibility index (Phi) is 3.65. The largest absolute Gasteiger partial charge is 0.454 e. The number of hydrogen-bond donors (Lipinski definition) is 1. The van der Waals surface area contributed by atoms with Gasteiger partial charge in [0, 0.05) is 30.8 Å². The highest BCUT2D eigenvalue weighted by atomic mass is 16.7. The Hall–Kier alpha value is -2.53. The van der Waals surface area contributed by atoms with Crippen molar-refractivity contribution in [1.82, 2.24) is 9.55 Å². The Balaban J connectivity index is 1.91. The van der Waals surface area contributed by atoms with Crippen molar-refractivity contribution in [3.05, 3.63) is 41.5 Å². The third-order valence-corrected chi connectivity index (χ3v) is 4.55. The van der Waals surface area contributed by atoms with Gasteiger partial charge in [-0.2, -0.15) is 0 Å². The number of nitrogens with zero attached hydrogens (tertiary/aromatic N) is 2. The lowest BCUT2D eigenvalue weighted by Gasteiger charge is -2.10. The summed E-state index contributed by atoms with van der Waals surface area (Å²) in [7, 11) is 0. The van der Waals surface area contributed by atoms with Gasteiger partial charge in [-0.25, -0.2) is 4.98 Å². The molecule has 0 spiro atoms. The van der Waals surface area contributed by atoms with E-state index in [-0.39, 0.29) is 13.4 Å². The van der Waals surface area contributed by atoms with Crippen LogP contribution in [0, 0.1) is 13.8 Å². The van der Waals surface area contributed by atoms with Gasteiger partial charge in [0.1, 0.15) is 5.82 Å². The minimum Gasteiger partial charge on any atom is -0.454 e. The molecule has 0 radical (unpaired) electrons. The molecule has 1 aromatic heterocycles. The summed E-state index contributed by atoms with van der Waals surface area (Å²) in [4.78, 5) is 4.83. The average Bonchev–Trinajstić information content (AvgIpc) is 3.17. The molecule has 124 valence electrons. The lowest BCUT2D eigenvalue weighted by molar-refractivity contribution is 0.174. The topological polar surface area (TPSA) is 56.5 Å². The van der Waals surface area contributed by atoms with Gasteiger partial charge in [0.2, 0.25) is 6.79 Å². The third kappa shape index (κ3) is 2.41. The van der Waals surface area contributed by atoms with Crippen molar-refractivity contribution in [2.45, 2.75) is 26.8 Å². The molecule has 1 aliphatic heterocycles. The van der Waals surface area contributed by atoms with Gasteiger partial charge in [0.25, 0.3) is 0 Å². The number of benzene rings is 2. The average molecular weight is 324 g/mol. The first-order chi connectivity index (χ1) is 11.7. The monoisotopic (exact) mass is 324 g/mol. The van der Waals surface area contributed by atoms with Crippen LogP contribution in [-0.4, -0.2) is 28.1 Å². The van der Waals surface area contributed by atoms with Gasteiger partial charge in [0.15, 0.2) is 11.5 Å². The first-order valence-electron chi connectivity index (χ1n) is 8.16. The van der Waals surface area contributed by atoms with Gasteiger partial charge in [0.05, 0.1) is 11.0 Å². The highest BCUT2D eigenvalue weighted by molar-refractivity contribution is 5.84. The Labute approximate surface area is 140 Å². The van der Waals surface area contributed by atoms with Crippen LogP contribution in [0.4, 0.5) is 0 Å². The zero-order valence-electron chi connectivity index (χ0n) is 13.9. The smallest absolute Gasteiger partial charge is 0.231 e. The van der Waals surface area contributed by atoms with Crippen LogP contribution in [0.25, 0.3) is 22.4 Å². The van der Waals surface area contributed by atoms with E-state index in [2.05, 4.69) is 36.6 Å². The predicted octanol–water partition coefficient (Wildman–Crippen LogP) is 3.43. The van der Waals surface area contributed by atoms with Gasteiger partial charge in [-0.15, -0.1) is 0 Å². The molecule has 0 amide bonds. The second kappa shape index (κ2) is 5.83. The maximum absolute atomic E-state index is 9.26. The molecule has 0 bridgehead atoms. The molecule has 2 aromatic carbocycles. The molecule has 4 rings (SSSR count). The van der Waals surface area contributed by atoms with Gasteiger partial charge in [-0.1, -0.05) is 12.1 Å². The SMILES string of the molecule is Cc1ccc(-c2nc3cc4c(cc3n2CCCO)OCO4)cc1C. The summed E-state index contributed by atoms with van der Waals surface area (Å²) in [5.41, 5.74) is 5.46. The van der Waals surface area contributed by atoms with Gasteiger partial charge in [-0.3, -0.25) is 0 Å². The molecule has 1 aliphatic rings. The second-order valence-corrected chi connectivity index (χ2v) is 6.16. The second-order valence-electron chi connectivity index (χ2n) is 6.16. The Morgan fingerprint density at radius 1 is 1.08 bits per heavy atom. The number of aryl methyl sites for hydroxylation is 3. The normalized spacial score (nSPS) is 13.0. The quantitative estimate of drug-likeness (QED) is 0.799. The van der Waals surface area contributed by atoms with Gasteiger partial charge >= 0.3 is 0 Å². The highest BCUT2D eigenvalue weighted by Crippen LogP contribution is 2.37. The minimum atomic E-state index is 0.149. The minimum absolute atomic E-state index is 0.149. The fourth-order valence-electron chi connectivity index (χ4n) is 3.07. The number of rotatable bonds is 4. The number of aromatic nitrogens is 2. The maximum atomic E-state index is 9.26. The number of fused-ring (bicyclic) bond motifs is 2. The summed E-state index contributed by atoms with van der Waals surface area (Å²) >= 11 is 0. The number of ether oxygens (including phenoxy) is 2. The van der Waals surface area contributed by atoms with Crippen molar-refractivity contribution in [2.75, 3.05) is 13.4 Å². The lowest BCUT2D eigenvalue weighted by atomic mass is 10.1. The van der Waals surface area contributed by atoms with E-state index in [9.17, 15) is 5.11 Å². The van der Waals surface area contributed by atoms with E-state index in [1.807, 2.05) is 12.1 Å². The molecule has 5 nitrogen and oxygen atoms in total. The zero-order valence-corrected chi connectivity index (χ0v) is 13.9. The summed E-state index contributed by atoms with van der Waals surface area (Å²) in [6.07, 6.45) is 0.678.